The Morgan fingerprint density at radius 2 is 1.04 bits per heavy atom. The first-order valence-corrected chi connectivity index (χ1v) is 7.68. The molecule has 0 atom stereocenters. The number of nitrogens with one attached hydrogen (secondary N) is 1. The highest BCUT2D eigenvalue weighted by atomic mass is 16.9. The Balaban J connectivity index is 0. The molecule has 0 spiro atoms. The molecule has 23 heavy (non-hydrogen) atoms. The van der Waals surface area contributed by atoms with Crippen molar-refractivity contribution in [3.05, 3.63) is 0 Å². The van der Waals surface area contributed by atoms with E-state index in [2.05, 4.69) is 15.3 Å². The molecule has 0 rings (SSSR count). The highest BCUT2D eigenvalue weighted by Gasteiger charge is 1.98. The van der Waals surface area contributed by atoms with Crippen LogP contribution in [0.4, 0.5) is 0 Å². The van der Waals surface area contributed by atoms with Gasteiger partial charge >= 0.3 is 11.9 Å². The summed E-state index contributed by atoms with van der Waals surface area (Å²) in [5.41, 5.74) is 2.07. The number of carboxylic acid groups (broad SMARTS) is 2. The van der Waals surface area contributed by atoms with Gasteiger partial charge in [0, 0.05) is 12.8 Å². The van der Waals surface area contributed by atoms with Crippen LogP contribution in [0.3, 0.4) is 0 Å². The SMILES string of the molecule is O=C(O)CCCCCCCCC(=O)O.OCCONOCCO. The van der Waals surface area contributed by atoms with E-state index in [1.165, 1.54) is 0 Å². The van der Waals surface area contributed by atoms with Gasteiger partial charge < -0.3 is 20.4 Å². The number of rotatable bonds is 15. The second kappa shape index (κ2) is 20.7. The summed E-state index contributed by atoms with van der Waals surface area (Å²) < 4.78 is 0. The fourth-order valence-electron chi connectivity index (χ4n) is 1.48. The second-order valence-electron chi connectivity index (χ2n) is 4.64. The summed E-state index contributed by atoms with van der Waals surface area (Å²) in [5, 5.41) is 33.0. The molecule has 0 aliphatic rings. The van der Waals surface area contributed by atoms with Crippen LogP contribution >= 0.6 is 0 Å². The summed E-state index contributed by atoms with van der Waals surface area (Å²) >= 11 is 0. The molecule has 0 amide bonds. The van der Waals surface area contributed by atoms with E-state index in [1.807, 2.05) is 0 Å². The lowest BCUT2D eigenvalue weighted by molar-refractivity contribution is -0.178. The zero-order valence-corrected chi connectivity index (χ0v) is 13.4. The number of carboxylic acids is 2. The monoisotopic (exact) mass is 339 g/mol. The summed E-state index contributed by atoms with van der Waals surface area (Å²) in [6.45, 7) is 0.224. The van der Waals surface area contributed by atoms with Crippen LogP contribution in [0, 0.1) is 0 Å². The van der Waals surface area contributed by atoms with Crippen molar-refractivity contribution in [1.82, 2.24) is 5.64 Å². The number of aliphatic carboxylic acids is 2. The molecule has 0 aliphatic heterocycles. The van der Waals surface area contributed by atoms with Crippen molar-refractivity contribution in [3.63, 3.8) is 0 Å². The van der Waals surface area contributed by atoms with Crippen molar-refractivity contribution in [2.24, 2.45) is 0 Å². The third kappa shape index (κ3) is 29.4. The Hall–Kier alpha value is -1.26. The standard InChI is InChI=1S/C10H18O4.C4H11NO4/c11-9(12)7-5-3-1-2-4-6-8-10(13)14;6-1-3-8-5-9-4-2-7/h1-8H2,(H,11,12)(H,13,14);5-7H,1-4H2. The minimum Gasteiger partial charge on any atom is -0.481 e. The fourth-order valence-corrected chi connectivity index (χ4v) is 1.48. The lowest BCUT2D eigenvalue weighted by Gasteiger charge is -2.01. The van der Waals surface area contributed by atoms with E-state index < -0.39 is 11.9 Å². The zero-order chi connectivity index (χ0) is 17.8. The van der Waals surface area contributed by atoms with Crippen LogP contribution in [0.5, 0.6) is 0 Å². The second-order valence-corrected chi connectivity index (χ2v) is 4.64. The van der Waals surface area contributed by atoms with Crippen molar-refractivity contribution in [1.29, 1.82) is 0 Å². The van der Waals surface area contributed by atoms with Gasteiger partial charge in [-0.3, -0.25) is 19.3 Å². The smallest absolute Gasteiger partial charge is 0.303 e. The first-order chi connectivity index (χ1) is 11.0. The van der Waals surface area contributed by atoms with E-state index in [9.17, 15) is 9.59 Å². The maximum atomic E-state index is 10.1. The first kappa shape index (κ1) is 24.0. The van der Waals surface area contributed by atoms with Gasteiger partial charge in [-0.25, -0.2) is 0 Å². The molecular formula is C14H29NO8. The normalized spacial score (nSPS) is 10.0. The van der Waals surface area contributed by atoms with Gasteiger partial charge in [-0.05, 0) is 12.8 Å². The minimum atomic E-state index is -0.740. The van der Waals surface area contributed by atoms with Crippen LogP contribution in [0.15, 0.2) is 0 Å². The molecule has 0 heterocycles. The first-order valence-electron chi connectivity index (χ1n) is 7.68. The fraction of sp³-hybridized carbons (Fsp3) is 0.857. The quantitative estimate of drug-likeness (QED) is 0.215. The lowest BCUT2D eigenvalue weighted by Crippen LogP contribution is -2.19. The maximum absolute atomic E-state index is 10.1. The van der Waals surface area contributed by atoms with Crippen LogP contribution in [-0.4, -0.2) is 58.8 Å². The van der Waals surface area contributed by atoms with E-state index >= 15 is 0 Å². The van der Waals surface area contributed by atoms with Crippen LogP contribution in [0.25, 0.3) is 0 Å². The Morgan fingerprint density at radius 3 is 1.35 bits per heavy atom. The molecule has 0 aromatic carbocycles. The molecule has 0 bridgehead atoms. The van der Waals surface area contributed by atoms with Crippen LogP contribution in [0.1, 0.15) is 51.4 Å². The topological polar surface area (TPSA) is 146 Å². The zero-order valence-electron chi connectivity index (χ0n) is 13.4. The van der Waals surface area contributed by atoms with Gasteiger partial charge in [-0.2, -0.15) is 0 Å². The van der Waals surface area contributed by atoms with Gasteiger partial charge in [0.1, 0.15) is 0 Å². The Morgan fingerprint density at radius 1 is 0.696 bits per heavy atom. The largest absolute Gasteiger partial charge is 0.481 e. The van der Waals surface area contributed by atoms with E-state index in [-0.39, 0.29) is 39.3 Å². The molecular weight excluding hydrogens is 310 g/mol. The van der Waals surface area contributed by atoms with Gasteiger partial charge in [-0.1, -0.05) is 31.3 Å². The molecule has 0 aromatic heterocycles. The lowest BCUT2D eigenvalue weighted by atomic mass is 10.1. The van der Waals surface area contributed by atoms with Gasteiger partial charge in [0.05, 0.1) is 26.4 Å². The van der Waals surface area contributed by atoms with Crippen LogP contribution in [-0.2, 0) is 19.3 Å². The summed E-state index contributed by atoms with van der Waals surface area (Å²) in [6.07, 6.45) is 5.82. The van der Waals surface area contributed by atoms with E-state index in [4.69, 9.17) is 20.4 Å². The van der Waals surface area contributed by atoms with Crippen LogP contribution < -0.4 is 5.64 Å². The molecule has 5 N–H and O–H groups in total. The predicted molar refractivity (Wildman–Crippen MR) is 81.4 cm³/mol. The molecule has 0 fully saturated rings. The molecule has 9 nitrogen and oxygen atoms in total. The molecule has 0 aliphatic carbocycles. The van der Waals surface area contributed by atoms with Crippen molar-refractivity contribution in [2.75, 3.05) is 26.4 Å². The summed E-state index contributed by atoms with van der Waals surface area (Å²) in [4.78, 5) is 29.2. The third-order valence-corrected chi connectivity index (χ3v) is 2.54. The number of aliphatic hydroxyl groups is 2. The third-order valence-electron chi connectivity index (χ3n) is 2.54. The summed E-state index contributed by atoms with van der Waals surface area (Å²) in [7, 11) is 0. The van der Waals surface area contributed by atoms with Crippen molar-refractivity contribution >= 4 is 11.9 Å². The number of hydrogen-bond acceptors (Lipinski definition) is 7. The number of hydrogen-bond donors (Lipinski definition) is 5. The molecule has 9 heteroatoms. The predicted octanol–water partition coefficient (Wildman–Crippen LogP) is 0.700. The van der Waals surface area contributed by atoms with Crippen LogP contribution in [0.2, 0.25) is 0 Å². The van der Waals surface area contributed by atoms with Crippen molar-refractivity contribution < 1.29 is 39.7 Å². The number of unbranched alkanes of at least 4 members (excludes halogenated alkanes) is 5. The van der Waals surface area contributed by atoms with E-state index in [0.717, 1.165) is 38.5 Å². The molecule has 0 saturated carbocycles. The number of aliphatic hydroxyl groups excluding tert-OH is 2. The Labute approximate surface area is 136 Å². The van der Waals surface area contributed by atoms with Crippen molar-refractivity contribution in [2.45, 2.75) is 51.4 Å². The highest BCUT2D eigenvalue weighted by molar-refractivity contribution is 5.66. The van der Waals surface area contributed by atoms with Gasteiger partial charge in [0.25, 0.3) is 0 Å². The molecule has 0 radical (unpaired) electrons. The minimum absolute atomic E-state index is 0.0600. The maximum Gasteiger partial charge on any atom is 0.303 e. The van der Waals surface area contributed by atoms with Gasteiger partial charge in [0.2, 0.25) is 0 Å². The average molecular weight is 339 g/mol. The van der Waals surface area contributed by atoms with Gasteiger partial charge in [0.15, 0.2) is 0 Å². The van der Waals surface area contributed by atoms with E-state index in [1.54, 1.807) is 0 Å². The van der Waals surface area contributed by atoms with Crippen molar-refractivity contribution in [3.8, 4) is 0 Å². The average Bonchev–Trinajstić information content (AvgIpc) is 2.50. The molecule has 138 valence electrons. The molecule has 0 unspecified atom stereocenters. The number of carbonyl (C=O) groups is 2. The Bertz CT molecular complexity index is 250. The summed E-state index contributed by atoms with van der Waals surface area (Å²) in [5.74, 6) is -1.48. The Kier molecular flexibility index (Phi) is 21.6. The summed E-state index contributed by atoms with van der Waals surface area (Å²) in [6, 6.07) is 0. The van der Waals surface area contributed by atoms with E-state index in [0.29, 0.717) is 0 Å². The highest BCUT2D eigenvalue weighted by Crippen LogP contribution is 2.08. The molecule has 0 saturated heterocycles. The van der Waals surface area contributed by atoms with Gasteiger partial charge in [-0.15, -0.1) is 0 Å². The molecule has 0 aromatic rings.